The molecule has 0 aromatic heterocycles. The molecular formula is C32H40N4O. The van der Waals surface area contributed by atoms with Crippen molar-refractivity contribution in [3.8, 4) is 0 Å². The Morgan fingerprint density at radius 2 is 1.59 bits per heavy atom. The van der Waals surface area contributed by atoms with Gasteiger partial charge in [-0.3, -0.25) is 4.90 Å². The van der Waals surface area contributed by atoms with E-state index >= 15 is 0 Å². The van der Waals surface area contributed by atoms with Gasteiger partial charge in [-0.1, -0.05) is 84.9 Å². The molecule has 0 saturated carbocycles. The van der Waals surface area contributed by atoms with Gasteiger partial charge in [0.2, 0.25) is 0 Å². The summed E-state index contributed by atoms with van der Waals surface area (Å²) in [5.41, 5.74) is 5.58. The number of benzene rings is 3. The average Bonchev–Trinajstić information content (AvgIpc) is 3.19. The van der Waals surface area contributed by atoms with Crippen molar-refractivity contribution < 1.29 is 4.79 Å². The summed E-state index contributed by atoms with van der Waals surface area (Å²) in [7, 11) is 0. The molecule has 37 heavy (non-hydrogen) atoms. The minimum atomic E-state index is -0.0811. The van der Waals surface area contributed by atoms with Gasteiger partial charge in [0, 0.05) is 44.3 Å². The number of hydrogen-bond donors (Lipinski definition) is 2. The van der Waals surface area contributed by atoms with Crippen molar-refractivity contribution in [1.82, 2.24) is 15.1 Å². The summed E-state index contributed by atoms with van der Waals surface area (Å²) in [5, 5.41) is 6.57. The molecule has 5 heteroatoms. The van der Waals surface area contributed by atoms with Crippen molar-refractivity contribution in [2.75, 3.05) is 51.1 Å². The van der Waals surface area contributed by atoms with Crippen molar-refractivity contribution in [2.24, 2.45) is 0 Å². The molecule has 1 aliphatic rings. The highest BCUT2D eigenvalue weighted by Gasteiger charge is 2.21. The van der Waals surface area contributed by atoms with E-state index in [0.717, 1.165) is 56.8 Å². The predicted molar refractivity (Wildman–Crippen MR) is 154 cm³/mol. The van der Waals surface area contributed by atoms with Gasteiger partial charge in [0.25, 0.3) is 0 Å². The van der Waals surface area contributed by atoms with Crippen molar-refractivity contribution in [1.29, 1.82) is 0 Å². The topological polar surface area (TPSA) is 47.6 Å². The Bertz CT molecular complexity index is 1070. The van der Waals surface area contributed by atoms with Gasteiger partial charge in [0.1, 0.15) is 0 Å². The Balaban J connectivity index is 1.49. The number of nitrogens with zero attached hydrogens (tertiary/aromatic N) is 2. The van der Waals surface area contributed by atoms with Gasteiger partial charge in [0.15, 0.2) is 0 Å². The van der Waals surface area contributed by atoms with Crippen LogP contribution in [0.5, 0.6) is 0 Å². The van der Waals surface area contributed by atoms with Crippen LogP contribution in [0, 0.1) is 6.92 Å². The quantitative estimate of drug-likeness (QED) is 0.344. The van der Waals surface area contributed by atoms with E-state index in [4.69, 9.17) is 0 Å². The Morgan fingerprint density at radius 1 is 0.946 bits per heavy atom. The molecule has 194 valence electrons. The van der Waals surface area contributed by atoms with Gasteiger partial charge in [0.05, 0.1) is 0 Å². The Labute approximate surface area is 222 Å². The van der Waals surface area contributed by atoms with Crippen LogP contribution in [0.4, 0.5) is 10.5 Å². The van der Waals surface area contributed by atoms with E-state index in [9.17, 15) is 4.79 Å². The monoisotopic (exact) mass is 496 g/mol. The Morgan fingerprint density at radius 3 is 2.24 bits per heavy atom. The van der Waals surface area contributed by atoms with Crippen LogP contribution in [-0.2, 0) is 0 Å². The van der Waals surface area contributed by atoms with Crippen molar-refractivity contribution in [2.45, 2.75) is 25.7 Å². The maximum atomic E-state index is 13.5. The SMILES string of the molecule is C=C(CN1CCCNCC1)CN(CCC(c1ccccc1)c1ccccc1)C(=O)Nc1ccc(C)cc1. The van der Waals surface area contributed by atoms with Crippen LogP contribution in [0.2, 0.25) is 0 Å². The molecule has 1 fully saturated rings. The summed E-state index contributed by atoms with van der Waals surface area (Å²) in [4.78, 5) is 17.9. The second-order valence-electron chi connectivity index (χ2n) is 10.0. The first-order valence-electron chi connectivity index (χ1n) is 13.4. The van der Waals surface area contributed by atoms with Gasteiger partial charge in [-0.05, 0) is 61.7 Å². The van der Waals surface area contributed by atoms with E-state index in [1.54, 1.807) is 0 Å². The van der Waals surface area contributed by atoms with Gasteiger partial charge in [-0.15, -0.1) is 0 Å². The summed E-state index contributed by atoms with van der Waals surface area (Å²) < 4.78 is 0. The molecule has 0 spiro atoms. The molecule has 3 aromatic carbocycles. The third kappa shape index (κ3) is 8.31. The van der Waals surface area contributed by atoms with E-state index in [-0.39, 0.29) is 11.9 Å². The fraction of sp³-hybridized carbons (Fsp3) is 0.344. The van der Waals surface area contributed by atoms with Gasteiger partial charge >= 0.3 is 6.03 Å². The second-order valence-corrected chi connectivity index (χ2v) is 10.0. The first kappa shape index (κ1) is 26.6. The highest BCUT2D eigenvalue weighted by atomic mass is 16.2. The van der Waals surface area contributed by atoms with Crippen LogP contribution in [0.15, 0.2) is 97.1 Å². The van der Waals surface area contributed by atoms with Gasteiger partial charge in [-0.2, -0.15) is 0 Å². The molecule has 1 heterocycles. The molecule has 4 rings (SSSR count). The van der Waals surface area contributed by atoms with Crippen LogP contribution < -0.4 is 10.6 Å². The minimum absolute atomic E-state index is 0.0811. The van der Waals surface area contributed by atoms with Crippen molar-refractivity contribution in [3.05, 3.63) is 114 Å². The number of urea groups is 1. The lowest BCUT2D eigenvalue weighted by Gasteiger charge is -2.29. The Hall–Kier alpha value is -3.41. The van der Waals surface area contributed by atoms with Crippen LogP contribution in [0.1, 0.15) is 35.4 Å². The average molecular weight is 497 g/mol. The molecule has 5 nitrogen and oxygen atoms in total. The van der Waals surface area contributed by atoms with E-state index < -0.39 is 0 Å². The number of aryl methyl sites for hydroxylation is 1. The highest BCUT2D eigenvalue weighted by molar-refractivity contribution is 5.89. The first-order chi connectivity index (χ1) is 18.1. The van der Waals surface area contributed by atoms with E-state index in [0.29, 0.717) is 13.1 Å². The number of amides is 2. The number of rotatable bonds is 10. The smallest absolute Gasteiger partial charge is 0.320 e. The molecule has 0 aliphatic carbocycles. The zero-order chi connectivity index (χ0) is 25.9. The molecule has 0 bridgehead atoms. The molecule has 1 saturated heterocycles. The number of carbonyl (C=O) groups excluding carboxylic acids is 1. The largest absolute Gasteiger partial charge is 0.322 e. The van der Waals surface area contributed by atoms with Gasteiger partial charge < -0.3 is 15.5 Å². The standard InChI is InChI=1S/C32H40N4O/c1-26-14-16-30(17-15-26)34-32(37)36(25-27(2)24-35-21-9-19-33-20-23-35)22-18-31(28-10-5-3-6-11-28)29-12-7-4-8-13-29/h3-8,10-17,31,33H,2,9,18-25H2,1H3,(H,34,37). The summed E-state index contributed by atoms with van der Waals surface area (Å²) >= 11 is 0. The fourth-order valence-electron chi connectivity index (χ4n) is 4.97. The molecular weight excluding hydrogens is 456 g/mol. The van der Waals surface area contributed by atoms with E-state index in [1.807, 2.05) is 36.1 Å². The van der Waals surface area contributed by atoms with Crippen molar-refractivity contribution in [3.63, 3.8) is 0 Å². The number of anilines is 1. The number of hydrogen-bond acceptors (Lipinski definition) is 3. The summed E-state index contributed by atoms with van der Waals surface area (Å²) in [6.07, 6.45) is 1.97. The predicted octanol–water partition coefficient (Wildman–Crippen LogP) is 5.90. The molecule has 2 N–H and O–H groups in total. The number of carbonyl (C=O) groups is 1. The van der Waals surface area contributed by atoms with Crippen LogP contribution >= 0.6 is 0 Å². The minimum Gasteiger partial charge on any atom is -0.320 e. The summed E-state index contributed by atoms with van der Waals surface area (Å²) in [6, 6.07) is 29.1. The normalized spacial score (nSPS) is 14.2. The zero-order valence-electron chi connectivity index (χ0n) is 22.0. The zero-order valence-corrected chi connectivity index (χ0v) is 22.0. The fourth-order valence-corrected chi connectivity index (χ4v) is 4.97. The van der Waals surface area contributed by atoms with E-state index in [2.05, 4.69) is 82.8 Å². The third-order valence-corrected chi connectivity index (χ3v) is 6.98. The molecule has 0 radical (unpaired) electrons. The molecule has 3 aromatic rings. The maximum Gasteiger partial charge on any atom is 0.322 e. The van der Waals surface area contributed by atoms with Crippen LogP contribution in [0.3, 0.4) is 0 Å². The van der Waals surface area contributed by atoms with E-state index in [1.165, 1.54) is 16.7 Å². The van der Waals surface area contributed by atoms with Crippen LogP contribution in [-0.4, -0.2) is 61.6 Å². The third-order valence-electron chi connectivity index (χ3n) is 6.98. The summed E-state index contributed by atoms with van der Waals surface area (Å²) in [6.45, 7) is 12.6. The highest BCUT2D eigenvalue weighted by Crippen LogP contribution is 2.28. The lowest BCUT2D eigenvalue weighted by Crippen LogP contribution is -2.40. The Kier molecular flexibility index (Phi) is 9.92. The molecule has 2 amide bonds. The number of nitrogens with one attached hydrogen (secondary N) is 2. The molecule has 1 aliphatic heterocycles. The van der Waals surface area contributed by atoms with Crippen molar-refractivity contribution >= 4 is 11.7 Å². The lowest BCUT2D eigenvalue weighted by atomic mass is 9.88. The van der Waals surface area contributed by atoms with Crippen LogP contribution in [0.25, 0.3) is 0 Å². The maximum absolute atomic E-state index is 13.5. The summed E-state index contributed by atoms with van der Waals surface area (Å²) in [5.74, 6) is 0.210. The second kappa shape index (κ2) is 13.8. The lowest BCUT2D eigenvalue weighted by molar-refractivity contribution is 0.212. The molecule has 0 unspecified atom stereocenters. The first-order valence-corrected chi connectivity index (χ1v) is 13.4. The van der Waals surface area contributed by atoms with Gasteiger partial charge in [-0.25, -0.2) is 4.79 Å². The molecule has 0 atom stereocenters.